The van der Waals surface area contributed by atoms with Crippen LogP contribution >= 0.6 is 11.3 Å². The molecule has 0 bridgehead atoms. The molecular weight excluding hydrogens is 300 g/mol. The molecule has 2 N–H and O–H groups in total. The molecule has 0 saturated carbocycles. The van der Waals surface area contributed by atoms with Crippen LogP contribution in [-0.4, -0.2) is 34.6 Å². The molecule has 6 nitrogen and oxygen atoms in total. The molecule has 1 aliphatic heterocycles. The second-order valence-corrected chi connectivity index (χ2v) is 6.67. The first kappa shape index (κ1) is 15.2. The summed E-state index contributed by atoms with van der Waals surface area (Å²) in [4.78, 5) is 29.3. The highest BCUT2D eigenvalue weighted by Gasteiger charge is 2.22. The highest BCUT2D eigenvalue weighted by molar-refractivity contribution is 7.16. The summed E-state index contributed by atoms with van der Waals surface area (Å²) in [5.74, 6) is 0.431. The lowest BCUT2D eigenvalue weighted by molar-refractivity contribution is -0.122. The number of nitrogens with zero attached hydrogens (tertiary/aromatic N) is 2. The Morgan fingerprint density at radius 1 is 1.59 bits per heavy atom. The van der Waals surface area contributed by atoms with Gasteiger partial charge in [0.1, 0.15) is 4.83 Å². The molecular formula is C15H20N4O2S. The van der Waals surface area contributed by atoms with Crippen LogP contribution in [-0.2, 0) is 11.3 Å². The molecule has 2 atom stereocenters. The number of aromatic nitrogens is 2. The molecule has 1 saturated heterocycles. The largest absolute Gasteiger partial charge is 0.353 e. The van der Waals surface area contributed by atoms with Crippen molar-refractivity contribution in [2.45, 2.75) is 32.4 Å². The van der Waals surface area contributed by atoms with Gasteiger partial charge in [-0.05, 0) is 36.9 Å². The van der Waals surface area contributed by atoms with Crippen molar-refractivity contribution in [2.24, 2.45) is 5.92 Å². The van der Waals surface area contributed by atoms with E-state index in [1.807, 2.05) is 5.38 Å². The summed E-state index contributed by atoms with van der Waals surface area (Å²) in [6.07, 6.45) is 2.78. The fraction of sp³-hybridized carbons (Fsp3) is 0.533. The quantitative estimate of drug-likeness (QED) is 0.880. The highest BCUT2D eigenvalue weighted by atomic mass is 32.1. The van der Waals surface area contributed by atoms with Crippen molar-refractivity contribution in [2.75, 3.05) is 13.1 Å². The monoisotopic (exact) mass is 320 g/mol. The van der Waals surface area contributed by atoms with E-state index < -0.39 is 0 Å². The number of amides is 1. The van der Waals surface area contributed by atoms with Gasteiger partial charge in [0.15, 0.2) is 0 Å². The topological polar surface area (TPSA) is 76.0 Å². The van der Waals surface area contributed by atoms with Crippen molar-refractivity contribution in [1.82, 2.24) is 20.2 Å². The van der Waals surface area contributed by atoms with Crippen molar-refractivity contribution in [3.63, 3.8) is 0 Å². The zero-order valence-electron chi connectivity index (χ0n) is 12.5. The van der Waals surface area contributed by atoms with Gasteiger partial charge in [-0.15, -0.1) is 11.3 Å². The van der Waals surface area contributed by atoms with Crippen LogP contribution in [0.2, 0.25) is 0 Å². The molecule has 2 aromatic heterocycles. The molecule has 22 heavy (non-hydrogen) atoms. The van der Waals surface area contributed by atoms with E-state index in [0.717, 1.165) is 24.3 Å². The molecule has 0 aromatic carbocycles. The number of thiophene rings is 1. The second-order valence-electron chi connectivity index (χ2n) is 5.78. The summed E-state index contributed by atoms with van der Waals surface area (Å²) in [5, 5.41) is 8.87. The van der Waals surface area contributed by atoms with Gasteiger partial charge in [0.25, 0.3) is 5.56 Å². The smallest absolute Gasteiger partial charge is 0.262 e. The third-order valence-corrected chi connectivity index (χ3v) is 4.98. The molecule has 3 heterocycles. The summed E-state index contributed by atoms with van der Waals surface area (Å²) in [5.41, 5.74) is -0.0747. The van der Waals surface area contributed by atoms with Crippen LogP contribution < -0.4 is 16.2 Å². The molecule has 0 radical (unpaired) electrons. The summed E-state index contributed by atoms with van der Waals surface area (Å²) >= 11 is 1.45. The molecule has 7 heteroatoms. The van der Waals surface area contributed by atoms with Crippen molar-refractivity contribution in [3.8, 4) is 0 Å². The Morgan fingerprint density at radius 3 is 3.27 bits per heavy atom. The molecule has 1 fully saturated rings. The van der Waals surface area contributed by atoms with Crippen LogP contribution in [0.25, 0.3) is 10.2 Å². The van der Waals surface area contributed by atoms with E-state index in [0.29, 0.717) is 24.3 Å². The van der Waals surface area contributed by atoms with E-state index in [-0.39, 0.29) is 17.5 Å². The first-order chi connectivity index (χ1) is 10.6. The van der Waals surface area contributed by atoms with E-state index in [1.54, 1.807) is 6.07 Å². The standard InChI is InChI=1S/C15H20N4O2S/c1-10-8-16-5-2-12(10)18-13(20)3-6-19-9-17-14-11(15(19)21)4-7-22-14/h4,7,9-10,12,16H,2-3,5-6,8H2,1H3,(H,18,20). The Hall–Kier alpha value is -1.73. The predicted molar refractivity (Wildman–Crippen MR) is 87.1 cm³/mol. The maximum atomic E-state index is 12.2. The average Bonchev–Trinajstić information content (AvgIpc) is 2.98. The Labute approximate surface area is 132 Å². The molecule has 2 unspecified atom stereocenters. The molecule has 2 aromatic rings. The van der Waals surface area contributed by atoms with Crippen molar-refractivity contribution in [3.05, 3.63) is 28.1 Å². The lowest BCUT2D eigenvalue weighted by atomic mass is 9.95. The molecule has 0 aliphatic carbocycles. The maximum Gasteiger partial charge on any atom is 0.262 e. The van der Waals surface area contributed by atoms with Gasteiger partial charge in [-0.3, -0.25) is 14.2 Å². The number of aryl methyl sites for hydroxylation is 1. The average molecular weight is 320 g/mol. The minimum atomic E-state index is -0.0747. The van der Waals surface area contributed by atoms with Gasteiger partial charge in [-0.2, -0.15) is 0 Å². The lowest BCUT2D eigenvalue weighted by Crippen LogP contribution is -2.48. The molecule has 118 valence electrons. The number of carbonyl (C=O) groups is 1. The summed E-state index contributed by atoms with van der Waals surface area (Å²) < 4.78 is 1.51. The first-order valence-corrected chi connectivity index (χ1v) is 8.46. The van der Waals surface area contributed by atoms with Crippen LogP contribution in [0.5, 0.6) is 0 Å². The first-order valence-electron chi connectivity index (χ1n) is 7.58. The fourth-order valence-electron chi connectivity index (χ4n) is 2.78. The zero-order valence-corrected chi connectivity index (χ0v) is 13.4. The van der Waals surface area contributed by atoms with Crippen molar-refractivity contribution in [1.29, 1.82) is 0 Å². The van der Waals surface area contributed by atoms with Crippen molar-refractivity contribution >= 4 is 27.5 Å². The van der Waals surface area contributed by atoms with Gasteiger partial charge in [0.2, 0.25) is 5.91 Å². The summed E-state index contributed by atoms with van der Waals surface area (Å²) in [6.45, 7) is 4.37. The number of rotatable bonds is 4. The van der Waals surface area contributed by atoms with Gasteiger partial charge in [0, 0.05) is 19.0 Å². The van der Waals surface area contributed by atoms with Crippen LogP contribution in [0.4, 0.5) is 0 Å². The highest BCUT2D eigenvalue weighted by Crippen LogP contribution is 2.13. The zero-order chi connectivity index (χ0) is 15.5. The van der Waals surface area contributed by atoms with Crippen molar-refractivity contribution < 1.29 is 4.79 Å². The normalized spacial score (nSPS) is 21.9. The number of piperidine rings is 1. The minimum Gasteiger partial charge on any atom is -0.353 e. The molecule has 1 amide bonds. The summed E-state index contributed by atoms with van der Waals surface area (Å²) in [6, 6.07) is 2.01. The van der Waals surface area contributed by atoms with Crippen LogP contribution in [0.3, 0.4) is 0 Å². The SMILES string of the molecule is CC1CNCCC1NC(=O)CCn1cnc2sccc2c1=O. The van der Waals surface area contributed by atoms with Gasteiger partial charge >= 0.3 is 0 Å². The van der Waals surface area contributed by atoms with Gasteiger partial charge in [-0.25, -0.2) is 4.98 Å². The minimum absolute atomic E-state index is 0.00364. The third kappa shape index (κ3) is 3.20. The van der Waals surface area contributed by atoms with Crippen LogP contribution in [0.1, 0.15) is 19.8 Å². The Morgan fingerprint density at radius 2 is 2.45 bits per heavy atom. The van der Waals surface area contributed by atoms with Gasteiger partial charge < -0.3 is 10.6 Å². The molecule has 3 rings (SSSR count). The number of carbonyl (C=O) groups excluding carboxylic acids is 1. The number of hydrogen-bond donors (Lipinski definition) is 2. The van der Waals surface area contributed by atoms with Gasteiger partial charge in [0.05, 0.1) is 11.7 Å². The van der Waals surface area contributed by atoms with Crippen LogP contribution in [0.15, 0.2) is 22.6 Å². The Balaban J connectivity index is 1.60. The predicted octanol–water partition coefficient (Wildman–Crippen LogP) is 0.962. The fourth-order valence-corrected chi connectivity index (χ4v) is 3.51. The van der Waals surface area contributed by atoms with E-state index >= 15 is 0 Å². The second kappa shape index (κ2) is 6.58. The van der Waals surface area contributed by atoms with E-state index in [4.69, 9.17) is 0 Å². The maximum absolute atomic E-state index is 12.2. The third-order valence-electron chi connectivity index (χ3n) is 4.16. The van der Waals surface area contributed by atoms with E-state index in [2.05, 4.69) is 22.5 Å². The van der Waals surface area contributed by atoms with Crippen LogP contribution in [0, 0.1) is 5.92 Å². The molecule has 1 aliphatic rings. The Bertz CT molecular complexity index is 724. The van der Waals surface area contributed by atoms with Gasteiger partial charge in [-0.1, -0.05) is 6.92 Å². The summed E-state index contributed by atoms with van der Waals surface area (Å²) in [7, 11) is 0. The Kier molecular flexibility index (Phi) is 4.54. The number of nitrogens with one attached hydrogen (secondary N) is 2. The molecule has 0 spiro atoms. The van der Waals surface area contributed by atoms with E-state index in [9.17, 15) is 9.59 Å². The number of fused-ring (bicyclic) bond motifs is 1. The number of hydrogen-bond acceptors (Lipinski definition) is 5. The van der Waals surface area contributed by atoms with E-state index in [1.165, 1.54) is 22.2 Å². The lowest BCUT2D eigenvalue weighted by Gasteiger charge is -2.30.